The zero-order valence-electron chi connectivity index (χ0n) is 10.1. The number of anilines is 1. The minimum absolute atomic E-state index is 0.239. The van der Waals surface area contributed by atoms with Gasteiger partial charge in [-0.05, 0) is 18.1 Å². The van der Waals surface area contributed by atoms with Gasteiger partial charge in [-0.25, -0.2) is 8.42 Å². The molecule has 1 aromatic heterocycles. The van der Waals surface area contributed by atoms with Crippen LogP contribution in [0.25, 0.3) is 0 Å². The molecule has 0 amide bonds. The lowest BCUT2D eigenvalue weighted by Crippen LogP contribution is -2.04. The van der Waals surface area contributed by atoms with Crippen LogP contribution in [0.3, 0.4) is 0 Å². The van der Waals surface area contributed by atoms with E-state index in [0.717, 1.165) is 17.7 Å². The van der Waals surface area contributed by atoms with Crippen LogP contribution in [0, 0.1) is 0 Å². The fraction of sp³-hybridized carbons (Fsp3) is 0.250. The van der Waals surface area contributed by atoms with Crippen LogP contribution in [0.15, 0.2) is 41.6 Å². The van der Waals surface area contributed by atoms with Crippen LogP contribution >= 0.6 is 0 Å². The quantitative estimate of drug-likeness (QED) is 0.840. The van der Waals surface area contributed by atoms with E-state index in [2.05, 4.69) is 5.10 Å². The van der Waals surface area contributed by atoms with E-state index in [4.69, 9.17) is 5.73 Å². The molecule has 0 radical (unpaired) electrons. The van der Waals surface area contributed by atoms with Crippen molar-refractivity contribution in [3.8, 4) is 0 Å². The molecular weight excluding hydrogens is 250 g/mol. The Kier molecular flexibility index (Phi) is 3.38. The van der Waals surface area contributed by atoms with E-state index in [1.165, 1.54) is 18.6 Å². The van der Waals surface area contributed by atoms with Crippen molar-refractivity contribution in [3.05, 3.63) is 42.2 Å². The number of nitrogens with zero attached hydrogens (tertiary/aromatic N) is 2. The van der Waals surface area contributed by atoms with E-state index in [1.54, 1.807) is 4.68 Å². The molecule has 0 aliphatic carbocycles. The monoisotopic (exact) mass is 265 g/mol. The van der Waals surface area contributed by atoms with Crippen LogP contribution in [0.2, 0.25) is 0 Å². The van der Waals surface area contributed by atoms with Gasteiger partial charge in [-0.15, -0.1) is 0 Å². The Morgan fingerprint density at radius 3 is 2.67 bits per heavy atom. The summed E-state index contributed by atoms with van der Waals surface area (Å²) in [6, 6.07) is 7.61. The standard InChI is InChI=1S/C12H15N3O2S/c1-18(16,17)11-8-14-15(9-11)7-6-10-4-2-3-5-12(10)13/h2-5,8-9H,6-7,13H2,1H3. The number of benzene rings is 1. The summed E-state index contributed by atoms with van der Waals surface area (Å²) in [5, 5.41) is 4.02. The molecule has 2 rings (SSSR count). The number of nitrogens with two attached hydrogens (primary N) is 1. The molecule has 0 saturated heterocycles. The van der Waals surface area contributed by atoms with E-state index >= 15 is 0 Å². The highest BCUT2D eigenvalue weighted by Crippen LogP contribution is 2.12. The largest absolute Gasteiger partial charge is 0.399 e. The Labute approximate surface area is 106 Å². The maximum atomic E-state index is 11.3. The lowest BCUT2D eigenvalue weighted by molar-refractivity contribution is 0.599. The van der Waals surface area contributed by atoms with Gasteiger partial charge in [0.25, 0.3) is 0 Å². The number of hydrogen-bond acceptors (Lipinski definition) is 4. The molecule has 5 nitrogen and oxygen atoms in total. The number of para-hydroxylation sites is 1. The number of aryl methyl sites for hydroxylation is 2. The molecule has 0 saturated carbocycles. The lowest BCUT2D eigenvalue weighted by Gasteiger charge is -2.05. The molecule has 0 unspecified atom stereocenters. The van der Waals surface area contributed by atoms with E-state index in [0.29, 0.717) is 6.54 Å². The average molecular weight is 265 g/mol. The van der Waals surface area contributed by atoms with Crippen molar-refractivity contribution in [2.45, 2.75) is 17.9 Å². The van der Waals surface area contributed by atoms with Crippen molar-refractivity contribution < 1.29 is 8.42 Å². The number of aromatic nitrogens is 2. The SMILES string of the molecule is CS(=O)(=O)c1cnn(CCc2ccccc2N)c1. The third-order valence-corrected chi connectivity index (χ3v) is 3.77. The first-order valence-corrected chi connectivity index (χ1v) is 7.42. The molecule has 18 heavy (non-hydrogen) atoms. The molecule has 0 fully saturated rings. The van der Waals surface area contributed by atoms with Crippen molar-refractivity contribution in [2.75, 3.05) is 12.0 Å². The molecule has 0 bridgehead atoms. The second kappa shape index (κ2) is 4.81. The van der Waals surface area contributed by atoms with Gasteiger partial charge < -0.3 is 5.73 Å². The van der Waals surface area contributed by atoms with Crippen LogP contribution in [-0.4, -0.2) is 24.5 Å². The number of rotatable bonds is 4. The highest BCUT2D eigenvalue weighted by molar-refractivity contribution is 7.90. The first-order chi connectivity index (χ1) is 8.47. The van der Waals surface area contributed by atoms with Crippen molar-refractivity contribution in [1.82, 2.24) is 9.78 Å². The predicted octanol–water partition coefficient (Wildman–Crippen LogP) is 1.11. The van der Waals surface area contributed by atoms with Gasteiger partial charge in [0.05, 0.1) is 6.20 Å². The summed E-state index contributed by atoms with van der Waals surface area (Å²) in [6.07, 6.45) is 4.79. The van der Waals surface area contributed by atoms with Gasteiger partial charge in [0, 0.05) is 24.7 Å². The van der Waals surface area contributed by atoms with Crippen LogP contribution in [0.4, 0.5) is 5.69 Å². The first kappa shape index (κ1) is 12.6. The minimum atomic E-state index is -3.18. The van der Waals surface area contributed by atoms with Gasteiger partial charge in [-0.1, -0.05) is 18.2 Å². The summed E-state index contributed by atoms with van der Waals surface area (Å²) < 4.78 is 24.2. The summed E-state index contributed by atoms with van der Waals surface area (Å²) in [5.41, 5.74) is 7.61. The lowest BCUT2D eigenvalue weighted by atomic mass is 10.1. The zero-order chi connectivity index (χ0) is 13.2. The molecule has 6 heteroatoms. The van der Waals surface area contributed by atoms with Gasteiger partial charge in [-0.3, -0.25) is 4.68 Å². The number of sulfone groups is 1. The molecule has 0 aliphatic heterocycles. The molecule has 1 heterocycles. The molecule has 0 atom stereocenters. The molecule has 0 spiro atoms. The Morgan fingerprint density at radius 2 is 2.06 bits per heavy atom. The van der Waals surface area contributed by atoms with Crippen molar-refractivity contribution in [2.24, 2.45) is 0 Å². The summed E-state index contributed by atoms with van der Waals surface area (Å²) >= 11 is 0. The fourth-order valence-electron chi connectivity index (χ4n) is 1.66. The van der Waals surface area contributed by atoms with Gasteiger partial charge in [0.2, 0.25) is 0 Å². The Bertz CT molecular complexity index is 647. The summed E-state index contributed by atoms with van der Waals surface area (Å²) in [7, 11) is -3.18. The fourth-order valence-corrected chi connectivity index (χ4v) is 2.21. The van der Waals surface area contributed by atoms with Crippen molar-refractivity contribution >= 4 is 15.5 Å². The van der Waals surface area contributed by atoms with Crippen molar-refractivity contribution in [1.29, 1.82) is 0 Å². The third-order valence-electron chi connectivity index (χ3n) is 2.70. The van der Waals surface area contributed by atoms with Crippen LogP contribution in [-0.2, 0) is 22.8 Å². The van der Waals surface area contributed by atoms with E-state index < -0.39 is 9.84 Å². The molecule has 2 aromatic rings. The topological polar surface area (TPSA) is 78.0 Å². The molecule has 0 aliphatic rings. The summed E-state index contributed by atoms with van der Waals surface area (Å²) in [4.78, 5) is 0.239. The Hall–Kier alpha value is -1.82. The van der Waals surface area contributed by atoms with E-state index in [1.807, 2.05) is 24.3 Å². The normalized spacial score (nSPS) is 11.6. The Morgan fingerprint density at radius 1 is 1.33 bits per heavy atom. The van der Waals surface area contributed by atoms with Gasteiger partial charge in [0.1, 0.15) is 4.90 Å². The highest BCUT2D eigenvalue weighted by atomic mass is 32.2. The highest BCUT2D eigenvalue weighted by Gasteiger charge is 2.09. The van der Waals surface area contributed by atoms with Crippen molar-refractivity contribution in [3.63, 3.8) is 0 Å². The van der Waals surface area contributed by atoms with Gasteiger partial charge in [0.15, 0.2) is 9.84 Å². The first-order valence-electron chi connectivity index (χ1n) is 5.53. The third kappa shape index (κ3) is 2.89. The van der Waals surface area contributed by atoms with Gasteiger partial charge >= 0.3 is 0 Å². The zero-order valence-corrected chi connectivity index (χ0v) is 10.9. The van der Waals surface area contributed by atoms with Crippen LogP contribution < -0.4 is 5.73 Å². The second-order valence-electron chi connectivity index (χ2n) is 4.16. The second-order valence-corrected chi connectivity index (χ2v) is 6.18. The number of nitrogen functional groups attached to an aromatic ring is 1. The van der Waals surface area contributed by atoms with Gasteiger partial charge in [-0.2, -0.15) is 5.10 Å². The van der Waals surface area contributed by atoms with E-state index in [9.17, 15) is 8.42 Å². The maximum absolute atomic E-state index is 11.3. The molecule has 2 N–H and O–H groups in total. The predicted molar refractivity (Wildman–Crippen MR) is 69.9 cm³/mol. The Balaban J connectivity index is 2.08. The smallest absolute Gasteiger partial charge is 0.178 e. The van der Waals surface area contributed by atoms with E-state index in [-0.39, 0.29) is 4.90 Å². The van der Waals surface area contributed by atoms with Crippen LogP contribution in [0.5, 0.6) is 0 Å². The molecular formula is C12H15N3O2S. The minimum Gasteiger partial charge on any atom is -0.399 e. The maximum Gasteiger partial charge on any atom is 0.178 e. The summed E-state index contributed by atoms with van der Waals surface area (Å²) in [6.45, 7) is 0.601. The van der Waals surface area contributed by atoms with Crippen LogP contribution in [0.1, 0.15) is 5.56 Å². The number of hydrogen-bond donors (Lipinski definition) is 1. The summed E-state index contributed by atoms with van der Waals surface area (Å²) in [5.74, 6) is 0. The average Bonchev–Trinajstić information content (AvgIpc) is 2.76. The molecule has 1 aromatic carbocycles. The molecule has 96 valence electrons.